The van der Waals surface area contributed by atoms with Crippen LogP contribution in [0.1, 0.15) is 31.2 Å². The summed E-state index contributed by atoms with van der Waals surface area (Å²) in [5.74, 6) is -0.0863. The van der Waals surface area contributed by atoms with Crippen molar-refractivity contribution in [2.45, 2.75) is 45.5 Å². The van der Waals surface area contributed by atoms with Crippen molar-refractivity contribution >= 4 is 11.7 Å². The van der Waals surface area contributed by atoms with Crippen LogP contribution >= 0.6 is 0 Å². The fourth-order valence-electron chi connectivity index (χ4n) is 4.54. The molecule has 0 spiro atoms. The molecule has 206 valence electrons. The fraction of sp³-hybridized carbons (Fsp3) is 0.520. The van der Waals surface area contributed by atoms with Gasteiger partial charge in [-0.2, -0.15) is 13.2 Å². The first-order valence-electron chi connectivity index (χ1n) is 12.3. The van der Waals surface area contributed by atoms with Crippen LogP contribution in [0.3, 0.4) is 0 Å². The van der Waals surface area contributed by atoms with Gasteiger partial charge in [0.05, 0.1) is 50.6 Å². The number of nitrogens with zero attached hydrogens (tertiary/aromatic N) is 5. The normalized spacial score (nSPS) is 16.8. The largest absolute Gasteiger partial charge is 0.494 e. The summed E-state index contributed by atoms with van der Waals surface area (Å²) in [4.78, 5) is 27.6. The van der Waals surface area contributed by atoms with Gasteiger partial charge in [0.1, 0.15) is 11.8 Å². The van der Waals surface area contributed by atoms with E-state index < -0.39 is 24.2 Å². The van der Waals surface area contributed by atoms with Crippen LogP contribution in [0.15, 0.2) is 24.7 Å². The number of carbonyl (C=O) groups excluding carboxylic acids is 1. The highest BCUT2D eigenvalue weighted by atomic mass is 19.4. The van der Waals surface area contributed by atoms with E-state index in [0.717, 1.165) is 5.69 Å². The molecule has 3 aromatic rings. The third kappa shape index (κ3) is 5.93. The Hall–Kier alpha value is -3.61. The van der Waals surface area contributed by atoms with E-state index in [1.54, 1.807) is 23.6 Å². The van der Waals surface area contributed by atoms with Gasteiger partial charge in [0, 0.05) is 37.0 Å². The molecular formula is C25H31F3N6O4. The standard InChI is InChI=1S/C25H31F3N6O4/c1-5-33(24(35)32-21(25(26,27)28)16-7-6-8-38-14-16)12-17-9-18(20(36-3)10-29-17)19-13-34-11-15(2)30-22(34)23(31-19)37-4/h9-11,13,16,21H,5-8,12,14H2,1-4H3,(H,32,35). The van der Waals surface area contributed by atoms with E-state index in [4.69, 9.17) is 14.2 Å². The molecule has 0 radical (unpaired) electrons. The molecule has 0 aliphatic carbocycles. The number of aromatic nitrogens is 4. The van der Waals surface area contributed by atoms with Gasteiger partial charge >= 0.3 is 12.2 Å². The first-order chi connectivity index (χ1) is 18.1. The number of fused-ring (bicyclic) bond motifs is 1. The van der Waals surface area contributed by atoms with Crippen molar-refractivity contribution in [2.24, 2.45) is 5.92 Å². The van der Waals surface area contributed by atoms with Crippen molar-refractivity contribution in [3.63, 3.8) is 0 Å². The van der Waals surface area contributed by atoms with Gasteiger partial charge in [0.2, 0.25) is 5.65 Å². The van der Waals surface area contributed by atoms with E-state index in [9.17, 15) is 18.0 Å². The van der Waals surface area contributed by atoms with Crippen LogP contribution in [-0.2, 0) is 11.3 Å². The Bertz CT molecular complexity index is 1280. The zero-order valence-electron chi connectivity index (χ0n) is 21.7. The van der Waals surface area contributed by atoms with E-state index in [2.05, 4.69) is 20.3 Å². The molecule has 3 aromatic heterocycles. The number of imidazole rings is 1. The predicted molar refractivity (Wildman–Crippen MR) is 132 cm³/mol. The number of alkyl halides is 3. The van der Waals surface area contributed by atoms with Crippen LogP contribution in [-0.4, -0.2) is 76.5 Å². The summed E-state index contributed by atoms with van der Waals surface area (Å²) in [6.07, 6.45) is 1.34. The molecule has 1 saturated heterocycles. The Balaban J connectivity index is 1.60. The average molecular weight is 537 g/mol. The smallest absolute Gasteiger partial charge is 0.409 e. The van der Waals surface area contributed by atoms with Gasteiger partial charge in [0.15, 0.2) is 0 Å². The summed E-state index contributed by atoms with van der Waals surface area (Å²) < 4.78 is 59.4. The number of rotatable bonds is 8. The highest BCUT2D eigenvalue weighted by Gasteiger charge is 2.46. The highest BCUT2D eigenvalue weighted by molar-refractivity contribution is 5.75. The number of pyridine rings is 1. The maximum Gasteiger partial charge on any atom is 0.409 e. The average Bonchev–Trinajstić information content (AvgIpc) is 3.29. The molecule has 1 fully saturated rings. The van der Waals surface area contributed by atoms with Crippen molar-refractivity contribution in [3.05, 3.63) is 36.0 Å². The molecule has 4 heterocycles. The van der Waals surface area contributed by atoms with Crippen LogP contribution in [0, 0.1) is 12.8 Å². The van der Waals surface area contributed by atoms with Crippen molar-refractivity contribution in [3.8, 4) is 22.9 Å². The molecule has 13 heteroatoms. The lowest BCUT2D eigenvalue weighted by molar-refractivity contribution is -0.174. The van der Waals surface area contributed by atoms with Crippen LogP contribution in [0.4, 0.5) is 18.0 Å². The van der Waals surface area contributed by atoms with Crippen LogP contribution in [0.2, 0.25) is 0 Å². The molecule has 0 aromatic carbocycles. The molecule has 1 aliphatic heterocycles. The minimum Gasteiger partial charge on any atom is -0.494 e. The number of hydrogen-bond donors (Lipinski definition) is 1. The van der Waals surface area contributed by atoms with E-state index in [1.807, 2.05) is 13.1 Å². The number of urea groups is 1. The van der Waals surface area contributed by atoms with Crippen molar-refractivity contribution in [1.29, 1.82) is 0 Å². The highest BCUT2D eigenvalue weighted by Crippen LogP contribution is 2.32. The van der Waals surface area contributed by atoms with Gasteiger partial charge in [-0.15, -0.1) is 0 Å². The maximum atomic E-state index is 13.8. The van der Waals surface area contributed by atoms with Gasteiger partial charge in [-0.05, 0) is 32.8 Å². The third-order valence-corrected chi connectivity index (χ3v) is 6.46. The molecule has 4 rings (SSSR count). The number of ether oxygens (including phenoxy) is 3. The molecule has 2 atom stereocenters. The number of amides is 2. The zero-order chi connectivity index (χ0) is 27.4. The lowest BCUT2D eigenvalue weighted by Crippen LogP contribution is -2.55. The van der Waals surface area contributed by atoms with Gasteiger partial charge in [-0.1, -0.05) is 0 Å². The van der Waals surface area contributed by atoms with E-state index >= 15 is 0 Å². The molecular weight excluding hydrogens is 505 g/mol. The maximum absolute atomic E-state index is 13.8. The van der Waals surface area contributed by atoms with Crippen LogP contribution in [0.5, 0.6) is 11.6 Å². The number of methoxy groups -OCH3 is 2. The molecule has 0 saturated carbocycles. The van der Waals surface area contributed by atoms with Crippen LogP contribution < -0.4 is 14.8 Å². The number of hydrogen-bond acceptors (Lipinski definition) is 7. The lowest BCUT2D eigenvalue weighted by atomic mass is 9.93. The Morgan fingerprint density at radius 1 is 1.29 bits per heavy atom. The van der Waals surface area contributed by atoms with Crippen LogP contribution in [0.25, 0.3) is 16.9 Å². The Morgan fingerprint density at radius 2 is 2.08 bits per heavy atom. The number of nitrogens with one attached hydrogen (secondary N) is 1. The second kappa shape index (κ2) is 11.4. The topological polar surface area (TPSA) is 103 Å². The molecule has 1 aliphatic rings. The van der Waals surface area contributed by atoms with E-state index in [0.29, 0.717) is 53.7 Å². The summed E-state index contributed by atoms with van der Waals surface area (Å²) in [6.45, 7) is 4.08. The quantitative estimate of drug-likeness (QED) is 0.464. The molecule has 2 amide bonds. The number of halogens is 3. The van der Waals surface area contributed by atoms with Gasteiger partial charge in [-0.25, -0.2) is 14.8 Å². The number of aryl methyl sites for hydroxylation is 1. The first kappa shape index (κ1) is 27.4. The number of carbonyl (C=O) groups is 1. The monoisotopic (exact) mass is 536 g/mol. The second-order valence-electron chi connectivity index (χ2n) is 9.08. The molecule has 1 N–H and O–H groups in total. The van der Waals surface area contributed by atoms with Crippen molar-refractivity contribution in [1.82, 2.24) is 29.6 Å². The second-order valence-corrected chi connectivity index (χ2v) is 9.08. The molecule has 0 bridgehead atoms. The van der Waals surface area contributed by atoms with Crippen molar-refractivity contribution < 1.29 is 32.2 Å². The predicted octanol–water partition coefficient (Wildman–Crippen LogP) is 4.01. The minimum atomic E-state index is -4.60. The zero-order valence-corrected chi connectivity index (χ0v) is 21.7. The summed E-state index contributed by atoms with van der Waals surface area (Å²) >= 11 is 0. The van der Waals surface area contributed by atoms with E-state index in [-0.39, 0.29) is 19.7 Å². The Kier molecular flexibility index (Phi) is 8.24. The van der Waals surface area contributed by atoms with E-state index in [1.165, 1.54) is 25.3 Å². The summed E-state index contributed by atoms with van der Waals surface area (Å²) in [7, 11) is 2.99. The first-order valence-corrected chi connectivity index (χ1v) is 12.3. The van der Waals surface area contributed by atoms with Gasteiger partial charge in [0.25, 0.3) is 5.88 Å². The Labute approximate surface area is 218 Å². The van der Waals surface area contributed by atoms with Gasteiger partial charge < -0.3 is 28.8 Å². The molecule has 10 nitrogen and oxygen atoms in total. The SMILES string of the molecule is CCN(Cc1cc(-c2cn3cc(C)nc3c(OC)n2)c(OC)cn1)C(=O)NC(C1CCCOC1)C(F)(F)F. The summed E-state index contributed by atoms with van der Waals surface area (Å²) in [6, 6.07) is -1.12. The summed E-state index contributed by atoms with van der Waals surface area (Å²) in [5.41, 5.74) is 2.87. The molecule has 38 heavy (non-hydrogen) atoms. The molecule has 2 unspecified atom stereocenters. The lowest BCUT2D eigenvalue weighted by Gasteiger charge is -2.33. The third-order valence-electron chi connectivity index (χ3n) is 6.46. The van der Waals surface area contributed by atoms with Gasteiger partial charge in [-0.3, -0.25) is 4.98 Å². The Morgan fingerprint density at radius 3 is 2.71 bits per heavy atom. The fourth-order valence-corrected chi connectivity index (χ4v) is 4.54. The van der Waals surface area contributed by atoms with Crippen molar-refractivity contribution in [2.75, 3.05) is 34.0 Å². The minimum absolute atomic E-state index is 0.0192. The summed E-state index contributed by atoms with van der Waals surface area (Å²) in [5, 5.41) is 2.19.